The molecule has 0 heterocycles. The Kier molecular flexibility index (Phi) is 4.48. The number of ether oxygens (including phenoxy) is 3. The standard InChI is InChI=1S/C17H18O4/c1-11-5-7-12(8-6-11)16-14(19-2)9-13(17(18)21-4)10-15(16)20-3/h5-10H,1-4H3. The van der Waals surface area contributed by atoms with Crippen LogP contribution in [0.1, 0.15) is 15.9 Å². The second kappa shape index (κ2) is 6.31. The third-order valence-corrected chi connectivity index (χ3v) is 3.27. The summed E-state index contributed by atoms with van der Waals surface area (Å²) in [5.74, 6) is 0.708. The maximum absolute atomic E-state index is 11.7. The molecule has 2 rings (SSSR count). The zero-order valence-corrected chi connectivity index (χ0v) is 12.6. The number of methoxy groups -OCH3 is 3. The topological polar surface area (TPSA) is 44.8 Å². The highest BCUT2D eigenvalue weighted by atomic mass is 16.5. The first-order chi connectivity index (χ1) is 10.1. The molecule has 0 N–H and O–H groups in total. The van der Waals surface area contributed by atoms with Crippen molar-refractivity contribution in [3.05, 3.63) is 47.5 Å². The van der Waals surface area contributed by atoms with Crippen LogP contribution in [0.2, 0.25) is 0 Å². The Hall–Kier alpha value is -2.49. The van der Waals surface area contributed by atoms with E-state index in [4.69, 9.17) is 14.2 Å². The van der Waals surface area contributed by atoms with E-state index in [0.717, 1.165) is 11.1 Å². The first kappa shape index (κ1) is 14.9. The van der Waals surface area contributed by atoms with Crippen LogP contribution in [0.4, 0.5) is 0 Å². The van der Waals surface area contributed by atoms with Gasteiger partial charge in [-0.25, -0.2) is 4.79 Å². The van der Waals surface area contributed by atoms with Gasteiger partial charge in [0.05, 0.1) is 32.5 Å². The van der Waals surface area contributed by atoms with Gasteiger partial charge in [-0.3, -0.25) is 0 Å². The Labute approximate surface area is 124 Å². The minimum absolute atomic E-state index is 0.391. The molecule has 0 unspecified atom stereocenters. The quantitative estimate of drug-likeness (QED) is 0.807. The summed E-state index contributed by atoms with van der Waals surface area (Å²) in [5.41, 5.74) is 3.34. The fourth-order valence-electron chi connectivity index (χ4n) is 2.15. The van der Waals surface area contributed by atoms with Gasteiger partial charge in [0, 0.05) is 0 Å². The Balaban J connectivity index is 2.64. The second-order valence-electron chi connectivity index (χ2n) is 4.61. The van der Waals surface area contributed by atoms with Crippen LogP contribution < -0.4 is 9.47 Å². The average Bonchev–Trinajstić information content (AvgIpc) is 2.53. The molecule has 4 heteroatoms. The van der Waals surface area contributed by atoms with Crippen molar-refractivity contribution >= 4 is 5.97 Å². The third-order valence-electron chi connectivity index (χ3n) is 3.27. The molecule has 110 valence electrons. The van der Waals surface area contributed by atoms with Gasteiger partial charge in [0.1, 0.15) is 11.5 Å². The molecule has 0 bridgehead atoms. The first-order valence-corrected chi connectivity index (χ1v) is 6.52. The van der Waals surface area contributed by atoms with E-state index in [1.807, 2.05) is 31.2 Å². The van der Waals surface area contributed by atoms with E-state index in [0.29, 0.717) is 17.1 Å². The Morgan fingerprint density at radius 2 is 1.43 bits per heavy atom. The molecule has 0 saturated carbocycles. The van der Waals surface area contributed by atoms with E-state index in [2.05, 4.69) is 0 Å². The maximum atomic E-state index is 11.7. The lowest BCUT2D eigenvalue weighted by Crippen LogP contribution is -2.03. The number of hydrogen-bond acceptors (Lipinski definition) is 4. The van der Waals surface area contributed by atoms with Gasteiger partial charge in [-0.15, -0.1) is 0 Å². The zero-order chi connectivity index (χ0) is 15.4. The molecule has 0 aromatic heterocycles. The first-order valence-electron chi connectivity index (χ1n) is 6.52. The molecule has 0 amide bonds. The van der Waals surface area contributed by atoms with Gasteiger partial charge >= 0.3 is 5.97 Å². The fourth-order valence-corrected chi connectivity index (χ4v) is 2.15. The largest absolute Gasteiger partial charge is 0.496 e. The van der Waals surface area contributed by atoms with Crippen molar-refractivity contribution in [3.63, 3.8) is 0 Å². The summed E-state index contributed by atoms with van der Waals surface area (Å²) in [5, 5.41) is 0. The van der Waals surface area contributed by atoms with Crippen LogP contribution >= 0.6 is 0 Å². The molecular formula is C17H18O4. The Morgan fingerprint density at radius 1 is 0.905 bits per heavy atom. The summed E-state index contributed by atoms with van der Waals surface area (Å²) >= 11 is 0. The zero-order valence-electron chi connectivity index (χ0n) is 12.6. The van der Waals surface area contributed by atoms with Gasteiger partial charge in [0.2, 0.25) is 0 Å². The molecule has 0 saturated heterocycles. The van der Waals surface area contributed by atoms with Crippen molar-refractivity contribution in [1.29, 1.82) is 0 Å². The molecule has 0 fully saturated rings. The number of esters is 1. The van der Waals surface area contributed by atoms with Crippen LogP contribution in [-0.2, 0) is 4.74 Å². The molecule has 2 aromatic rings. The summed E-state index contributed by atoms with van der Waals surface area (Å²) in [7, 11) is 4.47. The van der Waals surface area contributed by atoms with Crippen LogP contribution in [-0.4, -0.2) is 27.3 Å². The molecule has 0 atom stereocenters. The van der Waals surface area contributed by atoms with Crippen LogP contribution in [0.15, 0.2) is 36.4 Å². The average molecular weight is 286 g/mol. The molecule has 0 aliphatic heterocycles. The monoisotopic (exact) mass is 286 g/mol. The highest BCUT2D eigenvalue weighted by Crippen LogP contribution is 2.39. The van der Waals surface area contributed by atoms with Crippen molar-refractivity contribution in [3.8, 4) is 22.6 Å². The predicted molar refractivity (Wildman–Crippen MR) is 81.1 cm³/mol. The van der Waals surface area contributed by atoms with Gasteiger partial charge in [0.25, 0.3) is 0 Å². The number of carbonyl (C=O) groups is 1. The van der Waals surface area contributed by atoms with Crippen molar-refractivity contribution < 1.29 is 19.0 Å². The summed E-state index contributed by atoms with van der Waals surface area (Å²) < 4.78 is 15.6. The molecule has 0 aliphatic carbocycles. The second-order valence-corrected chi connectivity index (χ2v) is 4.61. The Morgan fingerprint density at radius 3 is 1.86 bits per heavy atom. The highest BCUT2D eigenvalue weighted by molar-refractivity contribution is 5.93. The van der Waals surface area contributed by atoms with E-state index in [9.17, 15) is 4.79 Å². The molecule has 0 radical (unpaired) electrons. The lowest BCUT2D eigenvalue weighted by molar-refractivity contribution is 0.0600. The maximum Gasteiger partial charge on any atom is 0.338 e. The fraction of sp³-hybridized carbons (Fsp3) is 0.235. The molecular weight excluding hydrogens is 268 g/mol. The van der Waals surface area contributed by atoms with Gasteiger partial charge in [-0.1, -0.05) is 29.8 Å². The van der Waals surface area contributed by atoms with E-state index >= 15 is 0 Å². The van der Waals surface area contributed by atoms with Crippen LogP contribution in [0, 0.1) is 6.92 Å². The minimum Gasteiger partial charge on any atom is -0.496 e. The van der Waals surface area contributed by atoms with Crippen LogP contribution in [0.3, 0.4) is 0 Å². The molecule has 0 spiro atoms. The van der Waals surface area contributed by atoms with E-state index in [1.165, 1.54) is 12.7 Å². The van der Waals surface area contributed by atoms with Gasteiger partial charge in [-0.2, -0.15) is 0 Å². The molecule has 0 aliphatic rings. The van der Waals surface area contributed by atoms with E-state index in [1.54, 1.807) is 26.4 Å². The van der Waals surface area contributed by atoms with Gasteiger partial charge in [-0.05, 0) is 24.6 Å². The predicted octanol–water partition coefficient (Wildman–Crippen LogP) is 3.47. The summed E-state index contributed by atoms with van der Waals surface area (Å²) in [4.78, 5) is 11.7. The third kappa shape index (κ3) is 2.99. The van der Waals surface area contributed by atoms with E-state index in [-0.39, 0.29) is 0 Å². The number of hydrogen-bond donors (Lipinski definition) is 0. The lowest BCUT2D eigenvalue weighted by Gasteiger charge is -2.15. The van der Waals surface area contributed by atoms with Crippen molar-refractivity contribution in [2.24, 2.45) is 0 Å². The molecule has 21 heavy (non-hydrogen) atoms. The summed E-state index contributed by atoms with van der Waals surface area (Å²) in [6.45, 7) is 2.03. The molecule has 4 nitrogen and oxygen atoms in total. The van der Waals surface area contributed by atoms with Crippen molar-refractivity contribution in [1.82, 2.24) is 0 Å². The van der Waals surface area contributed by atoms with Crippen molar-refractivity contribution in [2.75, 3.05) is 21.3 Å². The highest BCUT2D eigenvalue weighted by Gasteiger charge is 2.17. The van der Waals surface area contributed by atoms with Gasteiger partial charge < -0.3 is 14.2 Å². The minimum atomic E-state index is -0.429. The van der Waals surface area contributed by atoms with Crippen LogP contribution in [0.5, 0.6) is 11.5 Å². The SMILES string of the molecule is COC(=O)c1cc(OC)c(-c2ccc(C)cc2)c(OC)c1. The number of carbonyl (C=O) groups excluding carboxylic acids is 1. The Bertz CT molecular complexity index is 619. The van der Waals surface area contributed by atoms with Gasteiger partial charge in [0.15, 0.2) is 0 Å². The lowest BCUT2D eigenvalue weighted by atomic mass is 10.00. The van der Waals surface area contributed by atoms with E-state index < -0.39 is 5.97 Å². The summed E-state index contributed by atoms with van der Waals surface area (Å²) in [6, 6.07) is 11.3. The normalized spacial score (nSPS) is 10.1. The van der Waals surface area contributed by atoms with Crippen molar-refractivity contribution in [2.45, 2.75) is 6.92 Å². The number of aryl methyl sites for hydroxylation is 1. The van der Waals surface area contributed by atoms with Crippen LogP contribution in [0.25, 0.3) is 11.1 Å². The summed E-state index contributed by atoms with van der Waals surface area (Å²) in [6.07, 6.45) is 0. The smallest absolute Gasteiger partial charge is 0.338 e. The number of rotatable bonds is 4. The molecule has 2 aromatic carbocycles. The number of benzene rings is 2.